The molecule has 0 heterocycles. The van der Waals surface area contributed by atoms with Gasteiger partial charge < -0.3 is 4.90 Å². The summed E-state index contributed by atoms with van der Waals surface area (Å²) < 4.78 is 0. The molecule has 236 valence electrons. The molecular formula is C49H35N. The second kappa shape index (κ2) is 11.8. The van der Waals surface area contributed by atoms with E-state index in [1.165, 1.54) is 77.9 Å². The lowest BCUT2D eigenvalue weighted by Gasteiger charge is -2.28. The summed E-state index contributed by atoms with van der Waals surface area (Å²) in [7, 11) is 0. The van der Waals surface area contributed by atoms with Crippen LogP contribution in [0.3, 0.4) is 0 Å². The summed E-state index contributed by atoms with van der Waals surface area (Å²) in [6, 6.07) is 58.6. The first kappa shape index (κ1) is 28.8. The molecule has 0 aromatic heterocycles. The Morgan fingerprint density at radius 1 is 0.360 bits per heavy atom. The van der Waals surface area contributed by atoms with E-state index in [0.717, 1.165) is 36.3 Å². The minimum Gasteiger partial charge on any atom is -0.310 e. The van der Waals surface area contributed by atoms with E-state index in [4.69, 9.17) is 0 Å². The van der Waals surface area contributed by atoms with Gasteiger partial charge in [0.1, 0.15) is 0 Å². The van der Waals surface area contributed by atoms with E-state index < -0.39 is 0 Å². The lowest BCUT2D eigenvalue weighted by atomic mass is 9.83. The normalized spacial score (nSPS) is 13.4. The first-order valence-electron chi connectivity index (χ1n) is 17.7. The van der Waals surface area contributed by atoms with Crippen molar-refractivity contribution in [3.05, 3.63) is 182 Å². The number of allylic oxidation sites excluding steroid dienone is 4. The van der Waals surface area contributed by atoms with E-state index in [1.54, 1.807) is 0 Å². The summed E-state index contributed by atoms with van der Waals surface area (Å²) in [5, 5.41) is 0. The first-order chi connectivity index (χ1) is 24.8. The van der Waals surface area contributed by atoms with Gasteiger partial charge >= 0.3 is 0 Å². The van der Waals surface area contributed by atoms with E-state index in [2.05, 4.69) is 181 Å². The van der Waals surface area contributed by atoms with Crippen LogP contribution in [0, 0.1) is 0 Å². The molecule has 3 aliphatic carbocycles. The van der Waals surface area contributed by atoms with Crippen molar-refractivity contribution < 1.29 is 0 Å². The van der Waals surface area contributed by atoms with Crippen LogP contribution in [0.25, 0.3) is 72.3 Å². The lowest BCUT2D eigenvalue weighted by Crippen LogP contribution is -2.11. The summed E-state index contributed by atoms with van der Waals surface area (Å²) in [6.07, 6.45) is 10.1. The Morgan fingerprint density at radius 3 is 1.70 bits per heavy atom. The highest BCUT2D eigenvalue weighted by Crippen LogP contribution is 2.57. The monoisotopic (exact) mass is 637 g/mol. The molecule has 7 aromatic carbocycles. The van der Waals surface area contributed by atoms with Crippen molar-refractivity contribution in [2.24, 2.45) is 0 Å². The van der Waals surface area contributed by atoms with Crippen molar-refractivity contribution in [2.45, 2.75) is 19.3 Å². The topological polar surface area (TPSA) is 3.24 Å². The molecule has 0 saturated carbocycles. The molecule has 0 spiro atoms. The fraction of sp³-hybridized carbons (Fsp3) is 0.0612. The maximum atomic E-state index is 2.44. The number of benzene rings is 7. The Bertz CT molecular complexity index is 2470. The molecule has 0 fully saturated rings. The predicted octanol–water partition coefficient (Wildman–Crippen LogP) is 13.9. The lowest BCUT2D eigenvalue weighted by molar-refractivity contribution is 1.07. The number of rotatable bonds is 5. The quantitative estimate of drug-likeness (QED) is 0.170. The second-order valence-electron chi connectivity index (χ2n) is 13.5. The van der Waals surface area contributed by atoms with Crippen LogP contribution in [0.2, 0.25) is 0 Å². The standard InChI is InChI=1S/C49H35N/c1-2-5-16-34(15-4-1)36-17-10-18-38(31-36)50(37-27-25-35(26-28-37)33-13-6-3-7-14-33)39-29-30-41-44-22-12-23-45-46-24-11-21-43(49(46)47(41)32-39)40-19-8-9-20-42(40)48(44)45/h1-3,6-15,17-32H,4-5,16H2. The molecule has 6 bridgehead atoms. The summed E-state index contributed by atoms with van der Waals surface area (Å²) >= 11 is 0. The summed E-state index contributed by atoms with van der Waals surface area (Å²) in [5.74, 6) is 0. The van der Waals surface area contributed by atoms with Crippen molar-refractivity contribution in [3.63, 3.8) is 0 Å². The molecule has 1 heteroatoms. The van der Waals surface area contributed by atoms with E-state index in [0.29, 0.717) is 0 Å². The Morgan fingerprint density at radius 2 is 0.920 bits per heavy atom. The maximum Gasteiger partial charge on any atom is 0.0468 e. The molecule has 3 aliphatic rings. The van der Waals surface area contributed by atoms with Gasteiger partial charge in [-0.05, 0) is 134 Å². The third kappa shape index (κ3) is 4.62. The van der Waals surface area contributed by atoms with Crippen molar-refractivity contribution in [3.8, 4) is 66.8 Å². The molecule has 7 aromatic rings. The number of nitrogens with zero attached hydrogens (tertiary/aromatic N) is 1. The molecule has 0 saturated heterocycles. The van der Waals surface area contributed by atoms with E-state index >= 15 is 0 Å². The van der Waals surface area contributed by atoms with Gasteiger partial charge in [0.25, 0.3) is 0 Å². The SMILES string of the molecule is C1=CCCC(c2cccc(N(c3ccc(-c4ccccc4)cc3)c3ccc4c(c3)-c3c5cccc3-c3cccc-4c3-c3ccccc3-5)c2)=CC1. The summed E-state index contributed by atoms with van der Waals surface area (Å²) in [4.78, 5) is 2.44. The zero-order chi connectivity index (χ0) is 33.0. The van der Waals surface area contributed by atoms with Crippen LogP contribution < -0.4 is 4.90 Å². The first-order valence-corrected chi connectivity index (χ1v) is 17.7. The molecule has 0 N–H and O–H groups in total. The molecule has 50 heavy (non-hydrogen) atoms. The average molecular weight is 638 g/mol. The number of hydrogen-bond acceptors (Lipinski definition) is 1. The zero-order valence-corrected chi connectivity index (χ0v) is 27.8. The number of hydrogen-bond donors (Lipinski definition) is 0. The number of anilines is 3. The van der Waals surface area contributed by atoms with Crippen LogP contribution in [-0.2, 0) is 0 Å². The Kier molecular flexibility index (Phi) is 6.77. The smallest absolute Gasteiger partial charge is 0.0468 e. The minimum atomic E-state index is 0.989. The van der Waals surface area contributed by atoms with Gasteiger partial charge in [-0.15, -0.1) is 0 Å². The molecule has 10 rings (SSSR count). The minimum absolute atomic E-state index is 0.989. The van der Waals surface area contributed by atoms with Crippen LogP contribution in [0.5, 0.6) is 0 Å². The molecule has 1 nitrogen and oxygen atoms in total. The third-order valence-electron chi connectivity index (χ3n) is 10.7. The Balaban J connectivity index is 1.19. The van der Waals surface area contributed by atoms with Gasteiger partial charge in [-0.1, -0.05) is 140 Å². The van der Waals surface area contributed by atoms with Crippen molar-refractivity contribution in [1.82, 2.24) is 0 Å². The van der Waals surface area contributed by atoms with Gasteiger partial charge in [0, 0.05) is 17.1 Å². The third-order valence-corrected chi connectivity index (χ3v) is 10.7. The van der Waals surface area contributed by atoms with Crippen LogP contribution in [0.15, 0.2) is 176 Å². The average Bonchev–Trinajstić information content (AvgIpc) is 3.53. The Labute approximate surface area is 294 Å². The Hall–Kier alpha value is -6.18. The maximum absolute atomic E-state index is 2.44. The fourth-order valence-electron chi connectivity index (χ4n) is 8.38. The van der Waals surface area contributed by atoms with Crippen LogP contribution in [0.1, 0.15) is 24.8 Å². The van der Waals surface area contributed by atoms with Crippen molar-refractivity contribution in [1.29, 1.82) is 0 Å². The molecule has 0 aliphatic heterocycles. The van der Waals surface area contributed by atoms with Gasteiger partial charge in [0.2, 0.25) is 0 Å². The summed E-state index contributed by atoms with van der Waals surface area (Å²) in [5.41, 5.74) is 21.7. The fourth-order valence-corrected chi connectivity index (χ4v) is 8.38. The summed E-state index contributed by atoms with van der Waals surface area (Å²) in [6.45, 7) is 0. The number of fused-ring (bicyclic) bond motifs is 4. The van der Waals surface area contributed by atoms with Crippen LogP contribution in [-0.4, -0.2) is 0 Å². The van der Waals surface area contributed by atoms with Gasteiger partial charge in [-0.2, -0.15) is 0 Å². The van der Waals surface area contributed by atoms with Gasteiger partial charge in [0.05, 0.1) is 0 Å². The highest BCUT2D eigenvalue weighted by atomic mass is 15.1. The molecular weight excluding hydrogens is 603 g/mol. The largest absolute Gasteiger partial charge is 0.310 e. The molecule has 0 amide bonds. The van der Waals surface area contributed by atoms with E-state index in [1.807, 2.05) is 0 Å². The van der Waals surface area contributed by atoms with Crippen molar-refractivity contribution >= 4 is 22.6 Å². The van der Waals surface area contributed by atoms with Gasteiger partial charge in [-0.25, -0.2) is 0 Å². The highest BCUT2D eigenvalue weighted by Gasteiger charge is 2.31. The predicted molar refractivity (Wildman–Crippen MR) is 212 cm³/mol. The van der Waals surface area contributed by atoms with Crippen LogP contribution in [0.4, 0.5) is 17.1 Å². The van der Waals surface area contributed by atoms with E-state index in [9.17, 15) is 0 Å². The van der Waals surface area contributed by atoms with Crippen LogP contribution >= 0.6 is 0 Å². The zero-order valence-electron chi connectivity index (χ0n) is 27.8. The molecule has 0 atom stereocenters. The molecule has 0 radical (unpaired) electrons. The van der Waals surface area contributed by atoms with Gasteiger partial charge in [0.15, 0.2) is 0 Å². The second-order valence-corrected chi connectivity index (χ2v) is 13.5. The van der Waals surface area contributed by atoms with E-state index in [-0.39, 0.29) is 0 Å². The van der Waals surface area contributed by atoms with Crippen molar-refractivity contribution in [2.75, 3.05) is 4.90 Å². The highest BCUT2D eigenvalue weighted by molar-refractivity contribution is 6.15. The van der Waals surface area contributed by atoms with Gasteiger partial charge in [-0.3, -0.25) is 0 Å². The molecule has 0 unspecified atom stereocenters.